The molecule has 1 aromatic carbocycles. The molecule has 0 saturated carbocycles. The zero-order valence-electron chi connectivity index (χ0n) is 15.4. The molecule has 0 bridgehead atoms. The van der Waals surface area contributed by atoms with Crippen LogP contribution in [0, 0.1) is 6.92 Å². The molecule has 0 N–H and O–H groups in total. The van der Waals surface area contributed by atoms with Crippen LogP contribution in [0.5, 0.6) is 0 Å². The lowest BCUT2D eigenvalue weighted by atomic mass is 9.92. The lowest BCUT2D eigenvalue weighted by Gasteiger charge is -2.29. The zero-order valence-corrected chi connectivity index (χ0v) is 17.0. The van der Waals surface area contributed by atoms with Crippen molar-refractivity contribution in [1.29, 1.82) is 0 Å². The molecule has 26 heavy (non-hydrogen) atoms. The van der Waals surface area contributed by atoms with E-state index in [4.69, 9.17) is 0 Å². The molecular formula is C21H27NO2S2. The topological polar surface area (TPSA) is 37.4 Å². The van der Waals surface area contributed by atoms with Gasteiger partial charge in [0.15, 0.2) is 0 Å². The van der Waals surface area contributed by atoms with Gasteiger partial charge in [-0.05, 0) is 85.7 Å². The quantitative estimate of drug-likeness (QED) is 0.720. The van der Waals surface area contributed by atoms with E-state index in [1.165, 1.54) is 28.0 Å². The molecule has 2 aromatic rings. The highest BCUT2D eigenvalue weighted by molar-refractivity contribution is 7.89. The molecule has 1 aliphatic carbocycles. The Morgan fingerprint density at radius 2 is 1.81 bits per heavy atom. The molecule has 0 amide bonds. The number of hydrogen-bond acceptors (Lipinski definition) is 3. The lowest BCUT2D eigenvalue weighted by molar-refractivity contribution is 0.332. The number of thiophene rings is 1. The third kappa shape index (κ3) is 3.37. The Morgan fingerprint density at radius 3 is 2.58 bits per heavy atom. The Balaban J connectivity index is 1.73. The number of aryl methyl sites for hydroxylation is 3. The largest absolute Gasteiger partial charge is 0.243 e. The SMILES string of the molecule is Cc1ccsc1C1CCCCCN1S(=O)(=O)c1ccc2c(c1)CCCC2. The summed E-state index contributed by atoms with van der Waals surface area (Å²) < 4.78 is 28.9. The first-order chi connectivity index (χ1) is 12.6. The molecule has 0 radical (unpaired) electrons. The molecule has 4 rings (SSSR count). The van der Waals surface area contributed by atoms with Gasteiger partial charge in [0.2, 0.25) is 10.0 Å². The van der Waals surface area contributed by atoms with Gasteiger partial charge in [-0.1, -0.05) is 18.9 Å². The summed E-state index contributed by atoms with van der Waals surface area (Å²) in [6.45, 7) is 2.72. The molecule has 2 heterocycles. The summed E-state index contributed by atoms with van der Waals surface area (Å²) in [5.41, 5.74) is 3.78. The van der Waals surface area contributed by atoms with Gasteiger partial charge in [0, 0.05) is 11.4 Å². The number of rotatable bonds is 3. The molecule has 5 heteroatoms. The summed E-state index contributed by atoms with van der Waals surface area (Å²) in [6, 6.07) is 7.92. The Bertz CT molecular complexity index is 885. The second kappa shape index (κ2) is 7.45. The molecule has 140 valence electrons. The van der Waals surface area contributed by atoms with Crippen LogP contribution in [-0.2, 0) is 22.9 Å². The highest BCUT2D eigenvalue weighted by atomic mass is 32.2. The van der Waals surface area contributed by atoms with Gasteiger partial charge >= 0.3 is 0 Å². The summed E-state index contributed by atoms with van der Waals surface area (Å²) in [5, 5.41) is 2.08. The monoisotopic (exact) mass is 389 g/mol. The maximum atomic E-state index is 13.6. The summed E-state index contributed by atoms with van der Waals surface area (Å²) in [4.78, 5) is 1.70. The molecule has 0 spiro atoms. The van der Waals surface area contributed by atoms with E-state index >= 15 is 0 Å². The predicted molar refractivity (Wildman–Crippen MR) is 107 cm³/mol. The first-order valence-electron chi connectivity index (χ1n) is 9.75. The normalized spacial score (nSPS) is 22.0. The van der Waals surface area contributed by atoms with E-state index in [2.05, 4.69) is 18.4 Å². The fourth-order valence-corrected chi connectivity index (χ4v) is 7.22. The van der Waals surface area contributed by atoms with Crippen LogP contribution in [0.4, 0.5) is 0 Å². The third-order valence-electron chi connectivity index (χ3n) is 5.83. The Kier molecular flexibility index (Phi) is 5.22. The van der Waals surface area contributed by atoms with Crippen molar-refractivity contribution in [3.63, 3.8) is 0 Å². The molecule has 1 aliphatic heterocycles. The summed E-state index contributed by atoms with van der Waals surface area (Å²) in [5.74, 6) is 0. The van der Waals surface area contributed by atoms with Crippen molar-refractivity contribution in [2.45, 2.75) is 69.2 Å². The fourth-order valence-electron chi connectivity index (χ4n) is 4.36. The number of fused-ring (bicyclic) bond motifs is 1. The number of benzene rings is 1. The van der Waals surface area contributed by atoms with E-state index in [0.29, 0.717) is 11.4 Å². The minimum Gasteiger partial charge on any atom is -0.207 e. The van der Waals surface area contributed by atoms with Crippen molar-refractivity contribution in [3.05, 3.63) is 51.2 Å². The van der Waals surface area contributed by atoms with Crippen molar-refractivity contribution in [3.8, 4) is 0 Å². The van der Waals surface area contributed by atoms with Crippen LogP contribution in [0.15, 0.2) is 34.5 Å². The van der Waals surface area contributed by atoms with Crippen molar-refractivity contribution < 1.29 is 8.42 Å². The first kappa shape index (κ1) is 18.2. The molecule has 2 aliphatic rings. The summed E-state index contributed by atoms with van der Waals surface area (Å²) >= 11 is 1.70. The van der Waals surface area contributed by atoms with E-state index in [-0.39, 0.29) is 6.04 Å². The summed E-state index contributed by atoms with van der Waals surface area (Å²) in [7, 11) is -3.47. The van der Waals surface area contributed by atoms with E-state index in [1.807, 2.05) is 18.2 Å². The van der Waals surface area contributed by atoms with Crippen LogP contribution in [0.2, 0.25) is 0 Å². The van der Waals surface area contributed by atoms with Gasteiger partial charge < -0.3 is 0 Å². The van der Waals surface area contributed by atoms with Gasteiger partial charge in [0.1, 0.15) is 0 Å². The van der Waals surface area contributed by atoms with E-state index in [0.717, 1.165) is 44.9 Å². The zero-order chi connectivity index (χ0) is 18.1. The maximum Gasteiger partial charge on any atom is 0.243 e. The molecule has 1 unspecified atom stereocenters. The highest BCUT2D eigenvalue weighted by Gasteiger charge is 2.35. The lowest BCUT2D eigenvalue weighted by Crippen LogP contribution is -2.35. The molecule has 1 aromatic heterocycles. The Morgan fingerprint density at radius 1 is 1.00 bits per heavy atom. The average molecular weight is 390 g/mol. The van der Waals surface area contributed by atoms with Crippen molar-refractivity contribution in [2.24, 2.45) is 0 Å². The molecule has 1 fully saturated rings. The van der Waals surface area contributed by atoms with Crippen LogP contribution in [0.3, 0.4) is 0 Å². The van der Waals surface area contributed by atoms with Crippen molar-refractivity contribution in [2.75, 3.05) is 6.54 Å². The van der Waals surface area contributed by atoms with E-state index in [9.17, 15) is 8.42 Å². The predicted octanol–water partition coefficient (Wildman–Crippen LogP) is 5.24. The van der Waals surface area contributed by atoms with Crippen LogP contribution in [-0.4, -0.2) is 19.3 Å². The van der Waals surface area contributed by atoms with Crippen LogP contribution < -0.4 is 0 Å². The van der Waals surface area contributed by atoms with Gasteiger partial charge in [-0.3, -0.25) is 0 Å². The van der Waals surface area contributed by atoms with Gasteiger partial charge in [-0.25, -0.2) is 8.42 Å². The van der Waals surface area contributed by atoms with Gasteiger partial charge in [-0.15, -0.1) is 11.3 Å². The Labute approximate surface area is 161 Å². The van der Waals surface area contributed by atoms with Crippen LogP contribution in [0.25, 0.3) is 0 Å². The average Bonchev–Trinajstić information content (AvgIpc) is 2.92. The minimum atomic E-state index is -3.47. The van der Waals surface area contributed by atoms with Crippen molar-refractivity contribution >= 4 is 21.4 Å². The van der Waals surface area contributed by atoms with Crippen LogP contribution in [0.1, 0.15) is 66.1 Å². The van der Waals surface area contributed by atoms with Crippen molar-refractivity contribution in [1.82, 2.24) is 4.31 Å². The van der Waals surface area contributed by atoms with Gasteiger partial charge in [0.25, 0.3) is 0 Å². The maximum absolute atomic E-state index is 13.6. The molecular weight excluding hydrogens is 362 g/mol. The highest BCUT2D eigenvalue weighted by Crippen LogP contribution is 2.38. The molecule has 3 nitrogen and oxygen atoms in total. The second-order valence-electron chi connectivity index (χ2n) is 7.59. The van der Waals surface area contributed by atoms with Gasteiger partial charge in [0.05, 0.1) is 10.9 Å². The fraction of sp³-hybridized carbons (Fsp3) is 0.524. The summed E-state index contributed by atoms with van der Waals surface area (Å²) in [6.07, 6.45) is 8.54. The number of nitrogens with zero attached hydrogens (tertiary/aromatic N) is 1. The third-order valence-corrected chi connectivity index (χ3v) is 8.86. The second-order valence-corrected chi connectivity index (χ2v) is 10.4. The molecule has 1 saturated heterocycles. The number of sulfonamides is 1. The van der Waals surface area contributed by atoms with E-state index in [1.54, 1.807) is 15.6 Å². The first-order valence-corrected chi connectivity index (χ1v) is 12.1. The van der Waals surface area contributed by atoms with Gasteiger partial charge in [-0.2, -0.15) is 4.31 Å². The standard InChI is InChI=1S/C21H27NO2S2/c1-16-12-14-25-21(16)20-9-3-2-6-13-22(20)26(23,24)19-11-10-17-7-4-5-8-18(17)15-19/h10-12,14-15,20H,2-9,13H2,1H3. The van der Waals surface area contributed by atoms with E-state index < -0.39 is 10.0 Å². The Hall–Kier alpha value is -1.17. The molecule has 1 atom stereocenters. The minimum absolute atomic E-state index is 0.0152. The smallest absolute Gasteiger partial charge is 0.207 e. The number of hydrogen-bond donors (Lipinski definition) is 0. The van der Waals surface area contributed by atoms with Crippen LogP contribution >= 0.6 is 11.3 Å².